The van der Waals surface area contributed by atoms with Gasteiger partial charge in [-0.05, 0) is 371 Å². The van der Waals surface area contributed by atoms with Gasteiger partial charge in [0.2, 0.25) is 0 Å². The fraction of sp³-hybridized carbons (Fsp3) is 0.836. The van der Waals surface area contributed by atoms with Crippen LogP contribution in [0.4, 0.5) is 0 Å². The molecule has 0 aliphatic heterocycles. The minimum Gasteiger partial charge on any atom is -0.455 e. The maximum atomic E-state index is 7.24. The standard InChI is InChI=1S/C73H172O18Si20/c1-92(2,3)78-110(79-93(4,5)6,80-94(7,8)9)90-106(35,36)63-61-104(31,32)88-108(39,40)86-102(27,28)59-57-100(23,24)84-98(19,20)55-49-70-45-43-47-72(65-70)67-74-51-53-76-69-77-54-52-75-68-73-48-44-46-71(66-73)50-56-99(21,22)85-101(25,26)58-60-103(29,30)87-109(41,42)89-105(33,34)62-64-107(37,38)91-111(81-95(10,11)12,82-96(13,14)15)83-97(16,17)18/h43-48,65-66H,49-64,67-69H2,1-42H3. The lowest BCUT2D eigenvalue weighted by molar-refractivity contribution is -0.0836. The van der Waals surface area contributed by atoms with Crippen LogP contribution in [-0.4, -0.2) is 202 Å². The van der Waals surface area contributed by atoms with Gasteiger partial charge in [0.1, 0.15) is 6.79 Å². The van der Waals surface area contributed by atoms with Crippen LogP contribution in [0, 0.1) is 0 Å². The Hall–Kier alpha value is 2.06. The van der Waals surface area contributed by atoms with E-state index in [-0.39, 0.29) is 6.79 Å². The maximum Gasteiger partial charge on any atom is 0.636 e. The number of hydrogen-bond acceptors (Lipinski definition) is 18. The molecule has 0 aliphatic carbocycles. The molecule has 2 aromatic carbocycles. The molecule has 0 bridgehead atoms. The molecule has 0 aliphatic rings. The fourth-order valence-corrected chi connectivity index (χ4v) is 103. The molecular weight excluding hydrogens is 1730 g/mol. The third kappa shape index (κ3) is 53.0. The SMILES string of the molecule is C[Si](C)(C)O[Si](O[Si](C)(C)C)(O[Si](C)(C)C)O[Si](C)(C)CC[Si](C)(C)O[Si](C)(C)O[Si](C)(C)CC[Si](C)(C)O[Si](C)(C)CCc1cccc(COCCOCOCCOCc2cccc(CC[Si](C)(C)O[Si](C)(C)CC[Si](C)(C)O[Si](C)(C)O[Si](C)(C)CC[Si](C)(C)O[Si](O[Si](C)(C)C)(O[Si](C)(C)C)O[Si](C)(C)C)c2)c1. The summed E-state index contributed by atoms with van der Waals surface area (Å²) in [6.45, 7) is 99.4. The fourth-order valence-electron chi connectivity index (χ4n) is 13.7. The van der Waals surface area contributed by atoms with Gasteiger partial charge in [0.15, 0.2) is 133 Å². The van der Waals surface area contributed by atoms with Crippen molar-refractivity contribution in [3.8, 4) is 0 Å². The van der Waals surface area contributed by atoms with E-state index < -0.39 is 168 Å². The lowest BCUT2D eigenvalue weighted by atomic mass is 10.1. The molecule has 38 heteroatoms. The zero-order chi connectivity index (χ0) is 86.1. The summed E-state index contributed by atoms with van der Waals surface area (Å²) in [7, 11) is -45.3. The number of aryl methyl sites for hydroxylation is 2. The molecule has 111 heavy (non-hydrogen) atoms. The zero-order valence-corrected chi connectivity index (χ0v) is 99.4. The third-order valence-corrected chi connectivity index (χ3v) is 86.6. The first-order chi connectivity index (χ1) is 49.3. The Morgan fingerprint density at radius 2 is 0.387 bits per heavy atom. The van der Waals surface area contributed by atoms with Crippen molar-refractivity contribution in [1.29, 1.82) is 0 Å². The maximum absolute atomic E-state index is 7.24. The second kappa shape index (κ2) is 43.1. The van der Waals surface area contributed by atoms with Gasteiger partial charge in [-0.2, -0.15) is 0 Å². The molecule has 0 fully saturated rings. The molecule has 0 heterocycles. The third-order valence-electron chi connectivity index (χ3n) is 17.4. The first-order valence-corrected chi connectivity index (χ1v) is 102. The van der Waals surface area contributed by atoms with E-state index in [1.54, 1.807) is 0 Å². The van der Waals surface area contributed by atoms with Crippen LogP contribution in [0.2, 0.25) is 335 Å². The van der Waals surface area contributed by atoms with Crippen molar-refractivity contribution in [2.24, 2.45) is 0 Å². The first kappa shape index (κ1) is 109. The minimum atomic E-state index is -3.42. The van der Waals surface area contributed by atoms with Gasteiger partial charge in [-0.25, -0.2) is 0 Å². The second-order valence-electron chi connectivity index (χ2n) is 44.2. The molecule has 0 atom stereocenters. The van der Waals surface area contributed by atoms with E-state index in [0.717, 1.165) is 73.3 Å². The van der Waals surface area contributed by atoms with Crippen LogP contribution >= 0.6 is 0 Å². The summed E-state index contributed by atoms with van der Waals surface area (Å²) in [5, 5.41) is 0. The van der Waals surface area contributed by atoms with Gasteiger partial charge in [0.05, 0.1) is 39.6 Å². The van der Waals surface area contributed by atoms with Crippen LogP contribution in [0.1, 0.15) is 22.3 Å². The predicted octanol–water partition coefficient (Wildman–Crippen LogP) is 24.1. The summed E-state index contributed by atoms with van der Waals surface area (Å²) in [5.74, 6) is 0. The zero-order valence-electron chi connectivity index (χ0n) is 79.4. The summed E-state index contributed by atoms with van der Waals surface area (Å²) in [6.07, 6.45) is 1.98. The Balaban J connectivity index is 1.79. The van der Waals surface area contributed by atoms with Gasteiger partial charge in [0, 0.05) is 0 Å². The molecule has 0 amide bonds. The van der Waals surface area contributed by atoms with Crippen molar-refractivity contribution in [2.75, 3.05) is 33.2 Å². The van der Waals surface area contributed by atoms with Gasteiger partial charge >= 0.3 is 35.2 Å². The molecule has 0 unspecified atom stereocenters. The molecule has 652 valence electrons. The first-order valence-electron chi connectivity index (χ1n) is 41.6. The van der Waals surface area contributed by atoms with E-state index in [0.29, 0.717) is 39.6 Å². The highest BCUT2D eigenvalue weighted by Crippen LogP contribution is 2.39. The molecule has 18 nitrogen and oxygen atoms in total. The largest absolute Gasteiger partial charge is 0.636 e. The van der Waals surface area contributed by atoms with Gasteiger partial charge < -0.3 is 76.6 Å². The van der Waals surface area contributed by atoms with E-state index in [2.05, 4.69) is 324 Å². The Morgan fingerprint density at radius 3 is 0.613 bits per heavy atom. The van der Waals surface area contributed by atoms with Crippen LogP contribution in [0.25, 0.3) is 0 Å². The van der Waals surface area contributed by atoms with Crippen molar-refractivity contribution in [3.63, 3.8) is 0 Å². The molecule has 0 radical (unpaired) electrons. The highest BCUT2D eigenvalue weighted by Gasteiger charge is 2.59. The highest BCUT2D eigenvalue weighted by molar-refractivity contribution is 6.95. The Labute approximate surface area is 704 Å². The molecule has 2 aromatic rings. The second-order valence-corrected chi connectivity index (χ2v) is 129. The number of rotatable bonds is 58. The van der Waals surface area contributed by atoms with E-state index in [1.165, 1.54) is 22.3 Å². The van der Waals surface area contributed by atoms with Crippen LogP contribution in [0.3, 0.4) is 0 Å². The average Bonchev–Trinajstić information content (AvgIpc) is 0.789. The predicted molar refractivity (Wildman–Crippen MR) is 521 cm³/mol. The molecule has 0 saturated carbocycles. The molecule has 0 spiro atoms. The lowest BCUT2D eigenvalue weighted by Crippen LogP contribution is -2.65. The van der Waals surface area contributed by atoms with Gasteiger partial charge in [0.25, 0.3) is 0 Å². The van der Waals surface area contributed by atoms with Crippen molar-refractivity contribution < 1.29 is 76.6 Å². The van der Waals surface area contributed by atoms with Crippen LogP contribution in [0.5, 0.6) is 0 Å². The normalized spacial score (nSPS) is 15.0. The summed E-state index contributed by atoms with van der Waals surface area (Å²) in [5.41, 5.74) is 4.99. The number of benzene rings is 2. The quantitative estimate of drug-likeness (QED) is 0.0348. The van der Waals surface area contributed by atoms with E-state index in [1.807, 2.05) is 0 Å². The van der Waals surface area contributed by atoms with Crippen molar-refractivity contribution >= 4 is 168 Å². The highest BCUT2D eigenvalue weighted by atomic mass is 28.6. The minimum absolute atomic E-state index is 0.201. The van der Waals surface area contributed by atoms with Crippen molar-refractivity contribution in [1.82, 2.24) is 0 Å². The summed E-state index contributed by atoms with van der Waals surface area (Å²) >= 11 is 0. The Morgan fingerprint density at radius 1 is 0.198 bits per heavy atom. The van der Waals surface area contributed by atoms with Crippen molar-refractivity contribution in [2.45, 2.75) is 361 Å². The smallest absolute Gasteiger partial charge is 0.455 e. The van der Waals surface area contributed by atoms with Crippen molar-refractivity contribution in [3.05, 3.63) is 70.8 Å². The molecular formula is C73H172O18Si20. The number of ether oxygens (including phenoxy) is 4. The number of hydrogen-bond donors (Lipinski definition) is 0. The topological polar surface area (TPSA) is 166 Å². The summed E-state index contributed by atoms with van der Waals surface area (Å²) < 4.78 is 123. The molecule has 0 saturated heterocycles. The van der Waals surface area contributed by atoms with Crippen LogP contribution in [0.15, 0.2) is 48.5 Å². The van der Waals surface area contributed by atoms with Gasteiger partial charge in [-0.3, -0.25) is 0 Å². The van der Waals surface area contributed by atoms with Gasteiger partial charge in [-0.1, -0.05) is 48.5 Å². The van der Waals surface area contributed by atoms with E-state index in [9.17, 15) is 0 Å². The van der Waals surface area contributed by atoms with Gasteiger partial charge in [-0.15, -0.1) is 0 Å². The summed E-state index contributed by atoms with van der Waals surface area (Å²) in [4.78, 5) is 0. The van der Waals surface area contributed by atoms with Crippen LogP contribution < -0.4 is 0 Å². The lowest BCUT2D eigenvalue weighted by Gasteiger charge is -2.45. The van der Waals surface area contributed by atoms with Crippen LogP contribution in [-0.2, 0) is 103 Å². The molecule has 0 aromatic heterocycles. The summed E-state index contributed by atoms with van der Waals surface area (Å²) in [6, 6.07) is 28.0. The Kier molecular flexibility index (Phi) is 42.4. The monoisotopic (exact) mass is 1900 g/mol. The molecule has 0 N–H and O–H groups in total. The molecule has 2 rings (SSSR count). The Bertz CT molecular complexity index is 2790. The average molecular weight is 1900 g/mol. The van der Waals surface area contributed by atoms with E-state index in [4.69, 9.17) is 76.6 Å². The van der Waals surface area contributed by atoms with E-state index >= 15 is 0 Å².